The van der Waals surface area contributed by atoms with Gasteiger partial charge in [0.25, 0.3) is 5.91 Å². The highest BCUT2D eigenvalue weighted by Crippen LogP contribution is 2.13. The Hall–Kier alpha value is -2.43. The Morgan fingerprint density at radius 2 is 1.88 bits per heavy atom. The topological polar surface area (TPSA) is 66.5 Å². The number of hydrogen-bond donors (Lipinski definition) is 1. The van der Waals surface area contributed by atoms with Crippen LogP contribution in [0.1, 0.15) is 12.5 Å². The molecule has 0 aromatic heterocycles. The molecule has 1 aliphatic rings. The smallest absolute Gasteiger partial charge is 0.302 e. The summed E-state index contributed by atoms with van der Waals surface area (Å²) < 4.78 is 0. The molecule has 1 aromatic carbocycles. The molecule has 0 unspecified atom stereocenters. The lowest BCUT2D eigenvalue weighted by atomic mass is 10.2. The van der Waals surface area contributed by atoms with Crippen molar-refractivity contribution in [2.45, 2.75) is 6.92 Å². The van der Waals surface area contributed by atoms with Crippen molar-refractivity contribution in [1.82, 2.24) is 10.2 Å². The van der Waals surface area contributed by atoms with Crippen LogP contribution >= 0.6 is 0 Å². The number of benzene rings is 1. The zero-order valence-electron chi connectivity index (χ0n) is 9.14. The molecule has 1 saturated heterocycles. The highest BCUT2D eigenvalue weighted by molar-refractivity contribution is 6.22. The highest BCUT2D eigenvalue weighted by atomic mass is 16.2. The molecular weight excluding hydrogens is 220 g/mol. The molecule has 0 spiro atoms. The van der Waals surface area contributed by atoms with E-state index < -0.39 is 17.8 Å². The summed E-state index contributed by atoms with van der Waals surface area (Å²) in [5.41, 5.74) is 0.887. The minimum Gasteiger partial charge on any atom is -0.302 e. The molecule has 17 heavy (non-hydrogen) atoms. The number of carbonyl (C=O) groups excluding carboxylic acids is 3. The Kier molecular flexibility index (Phi) is 2.74. The van der Waals surface area contributed by atoms with Crippen LogP contribution in [0.15, 0.2) is 36.0 Å². The van der Waals surface area contributed by atoms with Crippen molar-refractivity contribution in [1.29, 1.82) is 0 Å². The van der Waals surface area contributed by atoms with E-state index in [1.165, 1.54) is 13.0 Å². The van der Waals surface area contributed by atoms with Crippen LogP contribution in [-0.4, -0.2) is 22.7 Å². The van der Waals surface area contributed by atoms with Crippen molar-refractivity contribution in [2.75, 3.05) is 0 Å². The van der Waals surface area contributed by atoms with Crippen molar-refractivity contribution in [3.05, 3.63) is 41.6 Å². The Labute approximate surface area is 97.7 Å². The maximum Gasteiger partial charge on any atom is 0.335 e. The van der Waals surface area contributed by atoms with Gasteiger partial charge in [0, 0.05) is 6.92 Å². The minimum absolute atomic E-state index is 0.108. The third kappa shape index (κ3) is 2.08. The summed E-state index contributed by atoms with van der Waals surface area (Å²) in [7, 11) is 0. The van der Waals surface area contributed by atoms with Gasteiger partial charge in [-0.2, -0.15) is 4.90 Å². The zero-order chi connectivity index (χ0) is 12.4. The summed E-state index contributed by atoms with van der Waals surface area (Å²) in [6, 6.07) is 8.36. The third-order valence-corrected chi connectivity index (χ3v) is 2.30. The molecule has 1 aliphatic heterocycles. The van der Waals surface area contributed by atoms with E-state index in [4.69, 9.17) is 0 Å². The highest BCUT2D eigenvalue weighted by Gasteiger charge is 2.36. The number of nitrogens with one attached hydrogen (secondary N) is 1. The second-order valence-corrected chi connectivity index (χ2v) is 3.56. The molecular formula is C12H10N2O3. The number of hydrogen-bond acceptors (Lipinski definition) is 3. The second-order valence-electron chi connectivity index (χ2n) is 3.56. The van der Waals surface area contributed by atoms with Crippen molar-refractivity contribution in [3.8, 4) is 0 Å². The fourth-order valence-corrected chi connectivity index (χ4v) is 1.54. The first kappa shape index (κ1) is 11.1. The summed E-state index contributed by atoms with van der Waals surface area (Å²) in [6.45, 7) is 1.17. The monoisotopic (exact) mass is 230 g/mol. The SMILES string of the molecule is CC(=O)N1C(=O)NC(=Cc2ccccc2)C1=O. The van der Waals surface area contributed by atoms with Crippen molar-refractivity contribution in [2.24, 2.45) is 0 Å². The van der Waals surface area contributed by atoms with Crippen LogP contribution in [0.2, 0.25) is 0 Å². The van der Waals surface area contributed by atoms with Crippen LogP contribution in [0.4, 0.5) is 4.79 Å². The summed E-state index contributed by atoms with van der Waals surface area (Å²) in [6.07, 6.45) is 1.53. The molecule has 86 valence electrons. The quantitative estimate of drug-likeness (QED) is 0.580. The second kappa shape index (κ2) is 4.21. The average molecular weight is 230 g/mol. The largest absolute Gasteiger partial charge is 0.335 e. The number of amides is 4. The Morgan fingerprint density at radius 3 is 2.41 bits per heavy atom. The lowest BCUT2D eigenvalue weighted by molar-refractivity contribution is -0.135. The number of imide groups is 3. The van der Waals surface area contributed by atoms with E-state index in [1.807, 2.05) is 18.2 Å². The summed E-state index contributed by atoms with van der Waals surface area (Å²) in [4.78, 5) is 34.7. The van der Waals surface area contributed by atoms with Gasteiger partial charge in [-0.3, -0.25) is 9.59 Å². The molecule has 0 aliphatic carbocycles. The van der Waals surface area contributed by atoms with Gasteiger partial charge >= 0.3 is 6.03 Å². The Balaban J connectivity index is 2.31. The molecule has 1 N–H and O–H groups in total. The van der Waals surface area contributed by atoms with E-state index in [0.29, 0.717) is 4.90 Å². The van der Waals surface area contributed by atoms with E-state index in [9.17, 15) is 14.4 Å². The van der Waals surface area contributed by atoms with Gasteiger partial charge in [-0.05, 0) is 11.6 Å². The Bertz CT molecular complexity index is 520. The molecule has 1 heterocycles. The van der Waals surface area contributed by atoms with Crippen LogP contribution in [0.25, 0.3) is 6.08 Å². The van der Waals surface area contributed by atoms with Gasteiger partial charge < -0.3 is 5.32 Å². The van der Waals surface area contributed by atoms with Gasteiger partial charge in [0.05, 0.1) is 0 Å². The number of carbonyl (C=O) groups is 3. The average Bonchev–Trinajstić information content (AvgIpc) is 2.55. The van der Waals surface area contributed by atoms with Gasteiger partial charge in [-0.15, -0.1) is 0 Å². The molecule has 0 radical (unpaired) electrons. The number of rotatable bonds is 1. The van der Waals surface area contributed by atoms with Crippen molar-refractivity contribution in [3.63, 3.8) is 0 Å². The molecule has 5 nitrogen and oxygen atoms in total. The van der Waals surface area contributed by atoms with Crippen LogP contribution in [-0.2, 0) is 9.59 Å². The summed E-state index contributed by atoms with van der Waals surface area (Å²) in [5, 5.41) is 2.36. The maximum absolute atomic E-state index is 11.7. The van der Waals surface area contributed by atoms with Gasteiger partial charge in [-0.25, -0.2) is 4.79 Å². The van der Waals surface area contributed by atoms with Gasteiger partial charge in [-0.1, -0.05) is 30.3 Å². The van der Waals surface area contributed by atoms with Crippen LogP contribution < -0.4 is 5.32 Å². The molecule has 0 bridgehead atoms. The first-order chi connectivity index (χ1) is 8.09. The molecule has 0 saturated carbocycles. The van der Waals surface area contributed by atoms with Crippen LogP contribution in [0.3, 0.4) is 0 Å². The molecule has 2 rings (SSSR count). The first-order valence-corrected chi connectivity index (χ1v) is 5.02. The molecule has 1 aromatic rings. The van der Waals surface area contributed by atoms with E-state index in [1.54, 1.807) is 12.1 Å². The maximum atomic E-state index is 11.7. The fraction of sp³-hybridized carbons (Fsp3) is 0.0833. The fourth-order valence-electron chi connectivity index (χ4n) is 1.54. The lowest BCUT2D eigenvalue weighted by Gasteiger charge is -2.04. The van der Waals surface area contributed by atoms with Gasteiger partial charge in [0.2, 0.25) is 5.91 Å². The Morgan fingerprint density at radius 1 is 1.24 bits per heavy atom. The zero-order valence-corrected chi connectivity index (χ0v) is 9.14. The van der Waals surface area contributed by atoms with E-state index in [-0.39, 0.29) is 5.70 Å². The number of urea groups is 1. The van der Waals surface area contributed by atoms with E-state index in [0.717, 1.165) is 5.56 Å². The normalized spacial score (nSPS) is 17.5. The summed E-state index contributed by atoms with van der Waals surface area (Å²) in [5.74, 6) is -1.21. The van der Waals surface area contributed by atoms with Crippen molar-refractivity contribution >= 4 is 23.9 Å². The van der Waals surface area contributed by atoms with Gasteiger partial charge in [0.1, 0.15) is 5.70 Å². The van der Waals surface area contributed by atoms with Gasteiger partial charge in [0.15, 0.2) is 0 Å². The molecule has 5 heteroatoms. The first-order valence-electron chi connectivity index (χ1n) is 5.02. The summed E-state index contributed by atoms with van der Waals surface area (Å²) >= 11 is 0. The van der Waals surface area contributed by atoms with Crippen molar-refractivity contribution < 1.29 is 14.4 Å². The number of nitrogens with zero attached hydrogens (tertiary/aromatic N) is 1. The van der Waals surface area contributed by atoms with Crippen LogP contribution in [0.5, 0.6) is 0 Å². The minimum atomic E-state index is -0.704. The lowest BCUT2D eigenvalue weighted by Crippen LogP contribution is -2.34. The standard InChI is InChI=1S/C12H10N2O3/c1-8(15)14-11(16)10(13-12(14)17)7-9-5-3-2-4-6-9/h2-7H,1H3,(H,13,17). The molecule has 0 atom stereocenters. The molecule has 1 fully saturated rings. The predicted molar refractivity (Wildman–Crippen MR) is 60.5 cm³/mol. The van der Waals surface area contributed by atoms with E-state index >= 15 is 0 Å². The molecule has 4 amide bonds. The van der Waals surface area contributed by atoms with Crippen LogP contribution in [0, 0.1) is 0 Å². The van der Waals surface area contributed by atoms with E-state index in [2.05, 4.69) is 5.32 Å². The predicted octanol–water partition coefficient (Wildman–Crippen LogP) is 1.13. The third-order valence-electron chi connectivity index (χ3n) is 2.30.